The second-order valence-corrected chi connectivity index (χ2v) is 19.0. The number of nitrogens with one attached hydrogen (secondary N) is 1. The van der Waals surface area contributed by atoms with Gasteiger partial charge < -0.3 is 15.5 Å². The van der Waals surface area contributed by atoms with E-state index in [1.165, 1.54) is 250 Å². The zero-order chi connectivity index (χ0) is 44.2. The summed E-state index contributed by atoms with van der Waals surface area (Å²) in [5, 5.41) is 23.2. The zero-order valence-corrected chi connectivity index (χ0v) is 41.4. The molecule has 1 amide bonds. The van der Waals surface area contributed by atoms with Crippen molar-refractivity contribution < 1.29 is 15.0 Å². The standard InChI is InChI=1S/C57H109NO3/c1-3-5-7-9-11-13-15-17-19-21-23-25-27-29-31-33-35-37-39-41-43-45-47-49-51-53-57(61)58-55(54-59)56(60)52-50-48-46-44-42-40-38-36-34-32-30-28-26-24-22-20-18-16-14-12-10-8-6-4-2/h23,25,29,31,50,52,55-56,59-60H,3-22,24,26-28,30,32-49,51,53-54H2,1-2H3,(H,58,61)/b25-23-,31-29-,52-50+. The molecule has 2 unspecified atom stereocenters. The number of aliphatic hydroxyl groups excluding tert-OH is 2. The smallest absolute Gasteiger partial charge is 0.220 e. The number of rotatable bonds is 51. The van der Waals surface area contributed by atoms with Crippen molar-refractivity contribution in [1.29, 1.82) is 0 Å². The Morgan fingerprint density at radius 2 is 0.672 bits per heavy atom. The fourth-order valence-electron chi connectivity index (χ4n) is 8.62. The highest BCUT2D eigenvalue weighted by Crippen LogP contribution is 2.17. The van der Waals surface area contributed by atoms with Gasteiger partial charge in [0.2, 0.25) is 5.91 Å². The molecule has 0 rings (SSSR count). The van der Waals surface area contributed by atoms with Gasteiger partial charge in [0.25, 0.3) is 0 Å². The summed E-state index contributed by atoms with van der Waals surface area (Å²) < 4.78 is 0. The van der Waals surface area contributed by atoms with Crippen molar-refractivity contribution in [3.8, 4) is 0 Å². The van der Waals surface area contributed by atoms with Crippen molar-refractivity contribution in [1.82, 2.24) is 5.32 Å². The molecule has 0 aliphatic rings. The minimum absolute atomic E-state index is 0.0646. The first-order valence-corrected chi connectivity index (χ1v) is 27.7. The quantitative estimate of drug-likeness (QED) is 0.0422. The topological polar surface area (TPSA) is 69.6 Å². The van der Waals surface area contributed by atoms with Crippen LogP contribution in [0.2, 0.25) is 0 Å². The van der Waals surface area contributed by atoms with E-state index >= 15 is 0 Å². The summed E-state index contributed by atoms with van der Waals surface area (Å²) in [4.78, 5) is 12.5. The lowest BCUT2D eigenvalue weighted by Gasteiger charge is -2.20. The second-order valence-electron chi connectivity index (χ2n) is 19.0. The van der Waals surface area contributed by atoms with E-state index in [1.54, 1.807) is 6.08 Å². The van der Waals surface area contributed by atoms with Crippen LogP contribution >= 0.6 is 0 Å². The molecule has 3 N–H and O–H groups in total. The Morgan fingerprint density at radius 1 is 0.393 bits per heavy atom. The predicted molar refractivity (Wildman–Crippen MR) is 272 cm³/mol. The van der Waals surface area contributed by atoms with Crippen molar-refractivity contribution in [3.05, 3.63) is 36.5 Å². The summed E-state index contributed by atoms with van der Waals surface area (Å²) in [7, 11) is 0. The van der Waals surface area contributed by atoms with Crippen LogP contribution in [-0.4, -0.2) is 34.9 Å². The van der Waals surface area contributed by atoms with E-state index in [-0.39, 0.29) is 12.5 Å². The fourth-order valence-corrected chi connectivity index (χ4v) is 8.62. The van der Waals surface area contributed by atoms with E-state index in [1.807, 2.05) is 6.08 Å². The number of carbonyl (C=O) groups is 1. The van der Waals surface area contributed by atoms with Crippen LogP contribution in [0.15, 0.2) is 36.5 Å². The Bertz CT molecular complexity index is 928. The molecule has 0 saturated carbocycles. The van der Waals surface area contributed by atoms with Crippen molar-refractivity contribution in [2.75, 3.05) is 6.61 Å². The molecule has 0 fully saturated rings. The van der Waals surface area contributed by atoms with E-state index in [4.69, 9.17) is 0 Å². The van der Waals surface area contributed by atoms with Gasteiger partial charge in [-0.15, -0.1) is 0 Å². The van der Waals surface area contributed by atoms with Gasteiger partial charge in [-0.1, -0.05) is 281 Å². The molecule has 0 aromatic rings. The van der Waals surface area contributed by atoms with Gasteiger partial charge in [0.05, 0.1) is 18.8 Å². The Hall–Kier alpha value is -1.39. The monoisotopic (exact) mass is 856 g/mol. The maximum Gasteiger partial charge on any atom is 0.220 e. The number of hydrogen-bond donors (Lipinski definition) is 3. The summed E-state index contributed by atoms with van der Waals surface area (Å²) in [6, 6.07) is -0.625. The third-order valence-electron chi connectivity index (χ3n) is 12.9. The number of amides is 1. The van der Waals surface area contributed by atoms with Crippen LogP contribution in [0, 0.1) is 0 Å². The van der Waals surface area contributed by atoms with Crippen LogP contribution in [0.4, 0.5) is 0 Å². The van der Waals surface area contributed by atoms with Crippen molar-refractivity contribution in [3.63, 3.8) is 0 Å². The highest BCUT2D eigenvalue weighted by molar-refractivity contribution is 5.76. The molecule has 0 bridgehead atoms. The molecule has 0 aliphatic heterocycles. The minimum atomic E-state index is -0.842. The van der Waals surface area contributed by atoms with Gasteiger partial charge >= 0.3 is 0 Å². The molecule has 4 nitrogen and oxygen atoms in total. The lowest BCUT2D eigenvalue weighted by Crippen LogP contribution is -2.45. The number of carbonyl (C=O) groups excluding carboxylic acids is 1. The first-order valence-electron chi connectivity index (χ1n) is 27.7. The maximum absolute atomic E-state index is 12.5. The molecule has 0 radical (unpaired) electrons. The first kappa shape index (κ1) is 59.6. The third kappa shape index (κ3) is 49.5. The molecule has 0 saturated heterocycles. The van der Waals surface area contributed by atoms with Gasteiger partial charge in [0, 0.05) is 6.42 Å². The number of unbranched alkanes of at least 4 members (excludes halogenated alkanes) is 40. The molecule has 360 valence electrons. The number of aliphatic hydroxyl groups is 2. The van der Waals surface area contributed by atoms with Crippen molar-refractivity contribution in [2.45, 2.75) is 315 Å². The van der Waals surface area contributed by atoms with Crippen molar-refractivity contribution in [2.24, 2.45) is 0 Å². The maximum atomic E-state index is 12.5. The lowest BCUT2D eigenvalue weighted by atomic mass is 10.0. The average Bonchev–Trinajstić information content (AvgIpc) is 3.26. The SMILES string of the molecule is CCCCCCCCCCC/C=C\C/C=C\CCCCCCCCCCCC(=O)NC(CO)C(O)/C=C/CCCCCCCCCCCCCCCCCCCCCCCC. The average molecular weight is 857 g/mol. The summed E-state index contributed by atoms with van der Waals surface area (Å²) in [5.74, 6) is -0.0646. The van der Waals surface area contributed by atoms with E-state index in [9.17, 15) is 15.0 Å². The van der Waals surface area contributed by atoms with E-state index in [0.29, 0.717) is 6.42 Å². The molecule has 0 aromatic heterocycles. The Kier molecular flexibility index (Phi) is 51.7. The minimum Gasteiger partial charge on any atom is -0.394 e. The molecule has 61 heavy (non-hydrogen) atoms. The molecule has 0 heterocycles. The van der Waals surface area contributed by atoms with Crippen molar-refractivity contribution >= 4 is 5.91 Å². The van der Waals surface area contributed by atoms with E-state index in [2.05, 4.69) is 43.5 Å². The van der Waals surface area contributed by atoms with Crippen LogP contribution < -0.4 is 5.32 Å². The van der Waals surface area contributed by atoms with Gasteiger partial charge in [-0.05, 0) is 51.4 Å². The van der Waals surface area contributed by atoms with Gasteiger partial charge in [-0.25, -0.2) is 0 Å². The molecular formula is C57H109NO3. The summed E-state index contributed by atoms with van der Waals surface area (Å²) >= 11 is 0. The van der Waals surface area contributed by atoms with Gasteiger partial charge in [-0.3, -0.25) is 4.79 Å². The van der Waals surface area contributed by atoms with E-state index < -0.39 is 12.1 Å². The molecule has 0 spiro atoms. The van der Waals surface area contributed by atoms with Crippen LogP contribution in [0.25, 0.3) is 0 Å². The van der Waals surface area contributed by atoms with Crippen LogP contribution in [0.3, 0.4) is 0 Å². The highest BCUT2D eigenvalue weighted by atomic mass is 16.3. The molecule has 4 heteroatoms. The predicted octanol–water partition coefficient (Wildman–Crippen LogP) is 18.1. The van der Waals surface area contributed by atoms with Gasteiger partial charge in [0.1, 0.15) is 0 Å². The molecule has 2 atom stereocenters. The first-order chi connectivity index (χ1) is 30.2. The molecule has 0 aromatic carbocycles. The zero-order valence-electron chi connectivity index (χ0n) is 41.4. The van der Waals surface area contributed by atoms with Gasteiger partial charge in [0.15, 0.2) is 0 Å². The Morgan fingerprint density at radius 3 is 0.984 bits per heavy atom. The summed E-state index contributed by atoms with van der Waals surface area (Å²) in [6.07, 6.45) is 71.5. The van der Waals surface area contributed by atoms with Crippen LogP contribution in [0.1, 0.15) is 303 Å². The van der Waals surface area contributed by atoms with Crippen LogP contribution in [-0.2, 0) is 4.79 Å². The largest absolute Gasteiger partial charge is 0.394 e. The third-order valence-corrected chi connectivity index (χ3v) is 12.9. The highest BCUT2D eigenvalue weighted by Gasteiger charge is 2.18. The molecule has 0 aliphatic carbocycles. The summed E-state index contributed by atoms with van der Waals surface area (Å²) in [6.45, 7) is 4.34. The summed E-state index contributed by atoms with van der Waals surface area (Å²) in [5.41, 5.74) is 0. The number of allylic oxidation sites excluding steroid dienone is 5. The van der Waals surface area contributed by atoms with Crippen LogP contribution in [0.5, 0.6) is 0 Å². The molecular weight excluding hydrogens is 747 g/mol. The Labute approximate surface area is 382 Å². The number of hydrogen-bond acceptors (Lipinski definition) is 3. The van der Waals surface area contributed by atoms with Gasteiger partial charge in [-0.2, -0.15) is 0 Å². The second kappa shape index (κ2) is 53.0. The normalized spacial score (nSPS) is 13.0. The lowest BCUT2D eigenvalue weighted by molar-refractivity contribution is -0.123. The fraction of sp³-hybridized carbons (Fsp3) is 0.877. The van der Waals surface area contributed by atoms with E-state index in [0.717, 1.165) is 32.1 Å². The Balaban J connectivity index is 3.51.